The first-order chi connectivity index (χ1) is 10.3. The first-order valence-corrected chi connectivity index (χ1v) is 7.02. The van der Waals surface area contributed by atoms with E-state index >= 15 is 0 Å². The SMILES string of the molecule is CCc1ccccc1NC(=O)Cc1ccc2c(c1)OCO2. The highest BCUT2D eigenvalue weighted by Gasteiger charge is 2.14. The van der Waals surface area contributed by atoms with E-state index in [1.165, 1.54) is 0 Å². The van der Waals surface area contributed by atoms with E-state index in [1.54, 1.807) is 0 Å². The molecule has 2 aromatic carbocycles. The van der Waals surface area contributed by atoms with Crippen LogP contribution in [0.15, 0.2) is 42.5 Å². The van der Waals surface area contributed by atoms with Gasteiger partial charge in [-0.25, -0.2) is 0 Å². The molecule has 3 rings (SSSR count). The molecule has 0 bridgehead atoms. The van der Waals surface area contributed by atoms with Crippen molar-refractivity contribution in [3.05, 3.63) is 53.6 Å². The van der Waals surface area contributed by atoms with Gasteiger partial charge in [-0.2, -0.15) is 0 Å². The first-order valence-electron chi connectivity index (χ1n) is 7.02. The highest BCUT2D eigenvalue weighted by atomic mass is 16.7. The van der Waals surface area contributed by atoms with Crippen LogP contribution in [0.4, 0.5) is 5.69 Å². The van der Waals surface area contributed by atoms with E-state index in [0.717, 1.165) is 29.0 Å². The van der Waals surface area contributed by atoms with Gasteiger partial charge in [0, 0.05) is 5.69 Å². The quantitative estimate of drug-likeness (QED) is 0.937. The van der Waals surface area contributed by atoms with E-state index in [2.05, 4.69) is 12.2 Å². The molecule has 0 radical (unpaired) electrons. The van der Waals surface area contributed by atoms with E-state index in [0.29, 0.717) is 12.2 Å². The third-order valence-electron chi connectivity index (χ3n) is 3.47. The van der Waals surface area contributed by atoms with Crippen molar-refractivity contribution in [2.75, 3.05) is 12.1 Å². The summed E-state index contributed by atoms with van der Waals surface area (Å²) in [7, 11) is 0. The maximum Gasteiger partial charge on any atom is 0.231 e. The average molecular weight is 283 g/mol. The second kappa shape index (κ2) is 5.87. The molecule has 0 unspecified atom stereocenters. The molecular formula is C17H17NO3. The molecule has 0 spiro atoms. The number of para-hydroxylation sites is 1. The van der Waals surface area contributed by atoms with Crippen LogP contribution < -0.4 is 14.8 Å². The minimum atomic E-state index is -0.0326. The number of carbonyl (C=O) groups excluding carboxylic acids is 1. The lowest BCUT2D eigenvalue weighted by Gasteiger charge is -2.10. The van der Waals surface area contributed by atoms with Gasteiger partial charge in [-0.3, -0.25) is 4.79 Å². The van der Waals surface area contributed by atoms with Crippen molar-refractivity contribution < 1.29 is 14.3 Å². The second-order valence-corrected chi connectivity index (χ2v) is 4.92. The Labute approximate surface area is 123 Å². The normalized spacial score (nSPS) is 12.2. The number of hydrogen-bond donors (Lipinski definition) is 1. The minimum absolute atomic E-state index is 0.0326. The lowest BCUT2D eigenvalue weighted by atomic mass is 10.1. The van der Waals surface area contributed by atoms with Crippen molar-refractivity contribution in [1.82, 2.24) is 0 Å². The highest BCUT2D eigenvalue weighted by Crippen LogP contribution is 2.32. The van der Waals surface area contributed by atoms with Gasteiger partial charge in [0.2, 0.25) is 12.7 Å². The van der Waals surface area contributed by atoms with E-state index in [1.807, 2.05) is 42.5 Å². The van der Waals surface area contributed by atoms with Crippen LogP contribution in [0, 0.1) is 0 Å². The Morgan fingerprint density at radius 3 is 2.81 bits per heavy atom. The van der Waals surface area contributed by atoms with Gasteiger partial charge in [-0.05, 0) is 35.7 Å². The molecular weight excluding hydrogens is 266 g/mol. The van der Waals surface area contributed by atoms with Crippen molar-refractivity contribution in [2.45, 2.75) is 19.8 Å². The fraction of sp³-hybridized carbons (Fsp3) is 0.235. The number of hydrogen-bond acceptors (Lipinski definition) is 3. The lowest BCUT2D eigenvalue weighted by molar-refractivity contribution is -0.115. The van der Waals surface area contributed by atoms with Crippen LogP contribution in [0.5, 0.6) is 11.5 Å². The van der Waals surface area contributed by atoms with Gasteiger partial charge < -0.3 is 14.8 Å². The zero-order valence-electron chi connectivity index (χ0n) is 11.9. The third-order valence-corrected chi connectivity index (χ3v) is 3.47. The third kappa shape index (κ3) is 2.99. The van der Waals surface area contributed by atoms with Gasteiger partial charge in [0.05, 0.1) is 6.42 Å². The maximum atomic E-state index is 12.2. The maximum absolute atomic E-state index is 12.2. The molecule has 1 N–H and O–H groups in total. The van der Waals surface area contributed by atoms with Crippen LogP contribution >= 0.6 is 0 Å². The minimum Gasteiger partial charge on any atom is -0.454 e. The van der Waals surface area contributed by atoms with Gasteiger partial charge in [-0.15, -0.1) is 0 Å². The van der Waals surface area contributed by atoms with Crippen LogP contribution in [0.3, 0.4) is 0 Å². The molecule has 0 saturated heterocycles. The highest BCUT2D eigenvalue weighted by molar-refractivity contribution is 5.93. The Kier molecular flexibility index (Phi) is 3.77. The van der Waals surface area contributed by atoms with Crippen LogP contribution in [-0.2, 0) is 17.6 Å². The number of nitrogens with one attached hydrogen (secondary N) is 1. The van der Waals surface area contributed by atoms with Gasteiger partial charge in [0.15, 0.2) is 11.5 Å². The average Bonchev–Trinajstić information content (AvgIpc) is 2.95. The van der Waals surface area contributed by atoms with E-state index in [4.69, 9.17) is 9.47 Å². The Balaban J connectivity index is 1.69. The van der Waals surface area contributed by atoms with Crippen molar-refractivity contribution in [3.8, 4) is 11.5 Å². The number of benzene rings is 2. The predicted octanol–water partition coefficient (Wildman–Crippen LogP) is 3.16. The molecule has 1 aliphatic rings. The van der Waals surface area contributed by atoms with E-state index < -0.39 is 0 Å². The van der Waals surface area contributed by atoms with E-state index in [9.17, 15) is 4.79 Å². The second-order valence-electron chi connectivity index (χ2n) is 4.92. The zero-order valence-corrected chi connectivity index (χ0v) is 11.9. The summed E-state index contributed by atoms with van der Waals surface area (Å²) in [5.74, 6) is 1.40. The summed E-state index contributed by atoms with van der Waals surface area (Å²) >= 11 is 0. The number of amides is 1. The molecule has 1 aliphatic heterocycles. The molecule has 0 saturated carbocycles. The largest absolute Gasteiger partial charge is 0.454 e. The molecule has 4 nitrogen and oxygen atoms in total. The Bertz CT molecular complexity index is 667. The number of anilines is 1. The molecule has 0 aromatic heterocycles. The summed E-state index contributed by atoms with van der Waals surface area (Å²) in [5.41, 5.74) is 2.92. The van der Waals surface area contributed by atoms with Gasteiger partial charge in [-0.1, -0.05) is 31.2 Å². The molecule has 1 amide bonds. The standard InChI is InChI=1S/C17H17NO3/c1-2-13-5-3-4-6-14(13)18-17(19)10-12-7-8-15-16(9-12)21-11-20-15/h3-9H,2,10-11H2,1H3,(H,18,19). The molecule has 21 heavy (non-hydrogen) atoms. The Morgan fingerprint density at radius 2 is 1.95 bits per heavy atom. The van der Waals surface area contributed by atoms with Crippen molar-refractivity contribution >= 4 is 11.6 Å². The molecule has 108 valence electrons. The number of carbonyl (C=O) groups is 1. The van der Waals surface area contributed by atoms with Gasteiger partial charge >= 0.3 is 0 Å². The van der Waals surface area contributed by atoms with Crippen LogP contribution in [0.2, 0.25) is 0 Å². The summed E-state index contributed by atoms with van der Waals surface area (Å²) in [6.07, 6.45) is 1.20. The predicted molar refractivity (Wildman–Crippen MR) is 80.7 cm³/mol. The summed E-state index contributed by atoms with van der Waals surface area (Å²) in [6.45, 7) is 2.32. The summed E-state index contributed by atoms with van der Waals surface area (Å²) < 4.78 is 10.6. The molecule has 2 aromatic rings. The van der Waals surface area contributed by atoms with E-state index in [-0.39, 0.29) is 12.7 Å². The fourth-order valence-corrected chi connectivity index (χ4v) is 2.38. The molecule has 0 fully saturated rings. The van der Waals surface area contributed by atoms with Gasteiger partial charge in [0.1, 0.15) is 0 Å². The van der Waals surface area contributed by atoms with Crippen LogP contribution in [0.25, 0.3) is 0 Å². The zero-order chi connectivity index (χ0) is 14.7. The Morgan fingerprint density at radius 1 is 1.14 bits per heavy atom. The monoisotopic (exact) mass is 283 g/mol. The Hall–Kier alpha value is -2.49. The molecule has 4 heteroatoms. The number of rotatable bonds is 4. The van der Waals surface area contributed by atoms with Crippen LogP contribution in [-0.4, -0.2) is 12.7 Å². The summed E-state index contributed by atoms with van der Waals surface area (Å²) in [6, 6.07) is 13.4. The lowest BCUT2D eigenvalue weighted by Crippen LogP contribution is -2.15. The van der Waals surface area contributed by atoms with Crippen molar-refractivity contribution in [3.63, 3.8) is 0 Å². The fourth-order valence-electron chi connectivity index (χ4n) is 2.38. The summed E-state index contributed by atoms with van der Waals surface area (Å²) in [4.78, 5) is 12.2. The molecule has 0 atom stereocenters. The van der Waals surface area contributed by atoms with Crippen molar-refractivity contribution in [2.24, 2.45) is 0 Å². The first kappa shape index (κ1) is 13.5. The summed E-state index contributed by atoms with van der Waals surface area (Å²) in [5, 5.41) is 2.97. The topological polar surface area (TPSA) is 47.6 Å². The molecule has 0 aliphatic carbocycles. The van der Waals surface area contributed by atoms with Crippen LogP contribution in [0.1, 0.15) is 18.1 Å². The van der Waals surface area contributed by atoms with Crippen molar-refractivity contribution in [1.29, 1.82) is 0 Å². The number of aryl methyl sites for hydroxylation is 1. The number of fused-ring (bicyclic) bond motifs is 1. The van der Waals surface area contributed by atoms with Gasteiger partial charge in [0.25, 0.3) is 0 Å². The smallest absolute Gasteiger partial charge is 0.231 e. The molecule has 1 heterocycles. The number of ether oxygens (including phenoxy) is 2.